The van der Waals surface area contributed by atoms with E-state index in [0.717, 1.165) is 12.1 Å². The lowest BCUT2D eigenvalue weighted by Crippen LogP contribution is -2.44. The number of sulfonamides is 1. The zero-order chi connectivity index (χ0) is 19.6. The number of rotatable bonds is 5. The monoisotopic (exact) mass is 398 g/mol. The third kappa shape index (κ3) is 4.33. The van der Waals surface area contributed by atoms with E-state index in [9.17, 15) is 17.2 Å². The zero-order valence-electron chi connectivity index (χ0n) is 15.0. The fourth-order valence-electron chi connectivity index (χ4n) is 2.91. The minimum atomic E-state index is -4.03. The quantitative estimate of drug-likeness (QED) is 0.767. The Bertz CT molecular complexity index is 904. The summed E-state index contributed by atoms with van der Waals surface area (Å²) < 4.78 is 59.5. The van der Waals surface area contributed by atoms with Crippen LogP contribution in [0.1, 0.15) is 12.8 Å². The number of hydrogen-bond acceptors (Lipinski definition) is 6. The molecule has 1 aliphatic heterocycles. The van der Waals surface area contributed by atoms with Crippen molar-refractivity contribution < 1.29 is 21.9 Å². The number of aromatic nitrogens is 2. The molecule has 27 heavy (non-hydrogen) atoms. The van der Waals surface area contributed by atoms with Gasteiger partial charge in [0.05, 0.1) is 11.4 Å². The highest BCUT2D eigenvalue weighted by atomic mass is 32.2. The second kappa shape index (κ2) is 7.73. The molecule has 1 unspecified atom stereocenters. The molecule has 0 aliphatic carbocycles. The number of benzene rings is 1. The molecule has 1 saturated heterocycles. The summed E-state index contributed by atoms with van der Waals surface area (Å²) >= 11 is 0. The molecule has 10 heteroatoms. The van der Waals surface area contributed by atoms with Gasteiger partial charge in [0.1, 0.15) is 17.7 Å². The van der Waals surface area contributed by atoms with Crippen molar-refractivity contribution in [1.29, 1.82) is 0 Å². The second-order valence-corrected chi connectivity index (χ2v) is 8.37. The van der Waals surface area contributed by atoms with Crippen molar-refractivity contribution in [3.63, 3.8) is 0 Å². The van der Waals surface area contributed by atoms with Crippen LogP contribution in [0.2, 0.25) is 0 Å². The van der Waals surface area contributed by atoms with Crippen LogP contribution in [0.3, 0.4) is 0 Å². The fourth-order valence-corrected chi connectivity index (χ4v) is 4.46. The molecule has 0 radical (unpaired) electrons. The van der Waals surface area contributed by atoms with Crippen LogP contribution in [-0.4, -0.2) is 56.0 Å². The van der Waals surface area contributed by atoms with E-state index in [1.54, 1.807) is 25.2 Å². The van der Waals surface area contributed by atoms with Gasteiger partial charge < -0.3 is 9.64 Å². The van der Waals surface area contributed by atoms with E-state index in [0.29, 0.717) is 30.6 Å². The Balaban J connectivity index is 1.80. The minimum Gasteiger partial charge on any atom is -0.470 e. The summed E-state index contributed by atoms with van der Waals surface area (Å²) in [6.07, 6.45) is 3.78. The fraction of sp³-hybridized carbons (Fsp3) is 0.412. The van der Waals surface area contributed by atoms with Crippen LogP contribution in [-0.2, 0) is 10.0 Å². The third-order valence-electron chi connectivity index (χ3n) is 4.16. The van der Waals surface area contributed by atoms with Crippen molar-refractivity contribution in [2.24, 2.45) is 0 Å². The van der Waals surface area contributed by atoms with Crippen LogP contribution in [0, 0.1) is 11.6 Å². The molecule has 7 nitrogen and oxygen atoms in total. The van der Waals surface area contributed by atoms with Gasteiger partial charge in [0, 0.05) is 39.1 Å². The van der Waals surface area contributed by atoms with Crippen LogP contribution in [0.5, 0.6) is 5.88 Å². The maximum Gasteiger partial charge on any atom is 0.257 e. The van der Waals surface area contributed by atoms with E-state index in [4.69, 9.17) is 4.74 Å². The number of hydrogen-bond donors (Lipinski definition) is 0. The molecule has 1 atom stereocenters. The van der Waals surface area contributed by atoms with Gasteiger partial charge in [0.15, 0.2) is 5.82 Å². The van der Waals surface area contributed by atoms with Crippen molar-refractivity contribution in [1.82, 2.24) is 14.3 Å². The summed E-state index contributed by atoms with van der Waals surface area (Å²) in [7, 11) is -0.435. The summed E-state index contributed by atoms with van der Waals surface area (Å²) in [6, 6.07) is 2.27. The predicted molar refractivity (Wildman–Crippen MR) is 95.1 cm³/mol. The molecular formula is C17H20F2N4O3S. The molecule has 0 spiro atoms. The van der Waals surface area contributed by atoms with Crippen molar-refractivity contribution in [3.05, 3.63) is 42.2 Å². The van der Waals surface area contributed by atoms with E-state index in [1.165, 1.54) is 10.5 Å². The van der Waals surface area contributed by atoms with Crippen molar-refractivity contribution in [2.45, 2.75) is 23.8 Å². The van der Waals surface area contributed by atoms with E-state index >= 15 is 0 Å². The Morgan fingerprint density at radius 2 is 1.81 bits per heavy atom. The predicted octanol–water partition coefficient (Wildman–Crippen LogP) is 2.05. The molecule has 0 N–H and O–H groups in total. The average Bonchev–Trinajstić information content (AvgIpc) is 2.61. The van der Waals surface area contributed by atoms with E-state index < -0.39 is 32.7 Å². The highest BCUT2D eigenvalue weighted by Gasteiger charge is 2.32. The number of ether oxygens (including phenoxy) is 1. The molecule has 2 heterocycles. The topological polar surface area (TPSA) is 75.6 Å². The maximum absolute atomic E-state index is 13.4. The molecule has 3 rings (SSSR count). The van der Waals surface area contributed by atoms with Crippen molar-refractivity contribution >= 4 is 15.8 Å². The van der Waals surface area contributed by atoms with Crippen molar-refractivity contribution in [3.8, 4) is 5.88 Å². The minimum absolute atomic E-state index is 0.0594. The van der Waals surface area contributed by atoms with Gasteiger partial charge >= 0.3 is 0 Å². The average molecular weight is 398 g/mol. The molecule has 1 aromatic carbocycles. The first kappa shape index (κ1) is 19.4. The highest BCUT2D eigenvalue weighted by Crippen LogP contribution is 2.27. The van der Waals surface area contributed by atoms with Gasteiger partial charge in [0.25, 0.3) is 5.88 Å². The summed E-state index contributed by atoms with van der Waals surface area (Å²) in [5, 5.41) is 0. The Hall–Kier alpha value is -2.33. The Kier molecular flexibility index (Phi) is 5.56. The van der Waals surface area contributed by atoms with Crippen LogP contribution < -0.4 is 9.64 Å². The Morgan fingerprint density at radius 1 is 1.15 bits per heavy atom. The molecule has 0 saturated carbocycles. The zero-order valence-corrected chi connectivity index (χ0v) is 15.8. The highest BCUT2D eigenvalue weighted by molar-refractivity contribution is 7.89. The maximum atomic E-state index is 13.4. The molecule has 1 aromatic heterocycles. The second-order valence-electron chi connectivity index (χ2n) is 6.43. The summed E-state index contributed by atoms with van der Waals surface area (Å²) in [5.41, 5.74) is 0. The summed E-state index contributed by atoms with van der Waals surface area (Å²) in [4.78, 5) is 9.71. The van der Waals surface area contributed by atoms with Crippen LogP contribution in [0.25, 0.3) is 0 Å². The van der Waals surface area contributed by atoms with Gasteiger partial charge in [-0.15, -0.1) is 0 Å². The molecule has 1 fully saturated rings. The molecule has 0 bridgehead atoms. The lowest BCUT2D eigenvalue weighted by molar-refractivity contribution is 0.125. The molecule has 146 valence electrons. The van der Waals surface area contributed by atoms with Gasteiger partial charge in [-0.3, -0.25) is 0 Å². The number of nitrogens with zero attached hydrogens (tertiary/aromatic N) is 4. The first-order valence-electron chi connectivity index (χ1n) is 8.38. The smallest absolute Gasteiger partial charge is 0.257 e. The van der Waals surface area contributed by atoms with Crippen LogP contribution >= 0.6 is 0 Å². The number of piperidine rings is 1. The lowest BCUT2D eigenvalue weighted by Gasteiger charge is -2.32. The molecule has 1 aliphatic rings. The molecule has 0 amide bonds. The standard InChI is InChI=1S/C17H20F2N4O3S/c1-22(2)16-17(21-6-5-20-16)26-14-4-3-7-23(11-14)27(24,25)15-9-12(18)8-13(19)10-15/h5-6,8-10,14H,3-4,7,11H2,1-2H3. The van der Waals surface area contributed by atoms with Crippen molar-refractivity contribution in [2.75, 3.05) is 32.1 Å². The summed E-state index contributed by atoms with van der Waals surface area (Å²) in [6.45, 7) is 0.311. The first-order valence-corrected chi connectivity index (χ1v) is 9.82. The number of halogens is 2. The normalized spacial score (nSPS) is 18.3. The first-order chi connectivity index (χ1) is 12.8. The third-order valence-corrected chi connectivity index (χ3v) is 6.01. The van der Waals surface area contributed by atoms with E-state index in [1.807, 2.05) is 0 Å². The Labute approximate surface area is 156 Å². The lowest BCUT2D eigenvalue weighted by atomic mass is 10.1. The van der Waals surface area contributed by atoms with Gasteiger partial charge in [0.2, 0.25) is 10.0 Å². The number of anilines is 1. The van der Waals surface area contributed by atoms with Gasteiger partial charge in [-0.2, -0.15) is 4.31 Å². The SMILES string of the molecule is CN(C)c1nccnc1OC1CCCN(S(=O)(=O)c2cc(F)cc(F)c2)C1. The Morgan fingerprint density at radius 3 is 2.48 bits per heavy atom. The van der Waals surface area contributed by atoms with Gasteiger partial charge in [-0.1, -0.05) is 0 Å². The van der Waals surface area contributed by atoms with Crippen LogP contribution in [0.15, 0.2) is 35.5 Å². The molecule has 2 aromatic rings. The van der Waals surface area contributed by atoms with Crippen LogP contribution in [0.4, 0.5) is 14.6 Å². The van der Waals surface area contributed by atoms with Gasteiger partial charge in [-0.25, -0.2) is 27.2 Å². The summed E-state index contributed by atoms with van der Waals surface area (Å²) in [5.74, 6) is -1.03. The largest absolute Gasteiger partial charge is 0.470 e. The molecular weight excluding hydrogens is 378 g/mol. The van der Waals surface area contributed by atoms with Gasteiger partial charge in [-0.05, 0) is 25.0 Å². The van der Waals surface area contributed by atoms with E-state index in [-0.39, 0.29) is 13.1 Å². The van der Waals surface area contributed by atoms with E-state index in [2.05, 4.69) is 9.97 Å².